The van der Waals surface area contributed by atoms with Gasteiger partial charge >= 0.3 is 5.97 Å². The molecule has 9 heteroatoms. The second-order valence-electron chi connectivity index (χ2n) is 6.65. The third kappa shape index (κ3) is 10.3. The number of aliphatic hydroxyl groups is 2. The Hall–Kier alpha value is -1.29. The van der Waals surface area contributed by atoms with Crippen molar-refractivity contribution < 1.29 is 24.7 Å². The van der Waals surface area contributed by atoms with Crippen molar-refractivity contribution >= 4 is 35.2 Å². The first-order chi connectivity index (χ1) is 13.9. The molecule has 2 N–H and O–H groups in total. The van der Waals surface area contributed by atoms with Gasteiger partial charge in [0.25, 0.3) is 5.69 Å². The zero-order valence-electron chi connectivity index (χ0n) is 17.0. The number of unbranched alkanes of at least 4 members (excludes halogenated alkanes) is 2. The number of carbonyl (C=O) groups is 1. The van der Waals surface area contributed by atoms with Crippen LogP contribution in [0.3, 0.4) is 0 Å². The third-order valence-electron chi connectivity index (χ3n) is 4.18. The first-order valence-corrected chi connectivity index (χ1v) is 12.0. The number of hydrogen-bond acceptors (Lipinski definition) is 8. The van der Waals surface area contributed by atoms with Crippen LogP contribution in [0.25, 0.3) is 0 Å². The van der Waals surface area contributed by atoms with E-state index in [2.05, 4.69) is 13.8 Å². The SMILES string of the molecule is CCCCSC(C[C@@H](O)[C@H](O)COC(=O)c1ccc([N+](=O)[O-])cc1)SCCCC. The molecule has 0 bridgehead atoms. The molecule has 0 aliphatic heterocycles. The van der Waals surface area contributed by atoms with Gasteiger partial charge in [0.1, 0.15) is 12.7 Å². The molecule has 0 heterocycles. The lowest BCUT2D eigenvalue weighted by molar-refractivity contribution is -0.384. The molecule has 2 atom stereocenters. The van der Waals surface area contributed by atoms with Crippen molar-refractivity contribution in [3.05, 3.63) is 39.9 Å². The monoisotopic (exact) mass is 445 g/mol. The summed E-state index contributed by atoms with van der Waals surface area (Å²) in [5.41, 5.74) is 0.0320. The van der Waals surface area contributed by atoms with Crippen LogP contribution in [0, 0.1) is 10.1 Å². The predicted octanol–water partition coefficient (Wildman–Crippen LogP) is 4.26. The number of nitrogens with zero attached hydrogens (tertiary/aromatic N) is 1. The number of nitro benzene ring substituents is 1. The van der Waals surface area contributed by atoms with Crippen LogP contribution in [0.2, 0.25) is 0 Å². The maximum absolute atomic E-state index is 12.0. The summed E-state index contributed by atoms with van der Waals surface area (Å²) in [5, 5.41) is 31.2. The number of nitro groups is 1. The first-order valence-electron chi connectivity index (χ1n) is 9.89. The number of ether oxygens (including phenoxy) is 1. The average molecular weight is 446 g/mol. The van der Waals surface area contributed by atoms with E-state index in [9.17, 15) is 25.1 Å². The molecule has 1 aromatic rings. The zero-order chi connectivity index (χ0) is 21.6. The van der Waals surface area contributed by atoms with Crippen molar-refractivity contribution in [2.75, 3.05) is 18.1 Å². The van der Waals surface area contributed by atoms with Crippen LogP contribution in [-0.2, 0) is 4.74 Å². The molecule has 0 spiro atoms. The summed E-state index contributed by atoms with van der Waals surface area (Å²) >= 11 is 3.59. The zero-order valence-corrected chi connectivity index (χ0v) is 18.6. The van der Waals surface area contributed by atoms with Gasteiger partial charge in [-0.05, 0) is 42.9 Å². The fourth-order valence-electron chi connectivity index (χ4n) is 2.33. The minimum Gasteiger partial charge on any atom is -0.459 e. The summed E-state index contributed by atoms with van der Waals surface area (Å²) < 4.78 is 5.24. The van der Waals surface area contributed by atoms with Crippen molar-refractivity contribution in [1.29, 1.82) is 0 Å². The van der Waals surface area contributed by atoms with Gasteiger partial charge in [0.2, 0.25) is 0 Å². The van der Waals surface area contributed by atoms with E-state index in [1.54, 1.807) is 23.5 Å². The number of carbonyl (C=O) groups excluding carboxylic acids is 1. The lowest BCUT2D eigenvalue weighted by Crippen LogP contribution is -2.33. The summed E-state index contributed by atoms with van der Waals surface area (Å²) in [6.45, 7) is 3.94. The molecule has 0 aliphatic rings. The molecule has 0 amide bonds. The van der Waals surface area contributed by atoms with Crippen molar-refractivity contribution in [2.45, 2.75) is 62.7 Å². The van der Waals surface area contributed by atoms with Gasteiger partial charge < -0.3 is 14.9 Å². The fourth-order valence-corrected chi connectivity index (χ4v) is 5.40. The van der Waals surface area contributed by atoms with Gasteiger partial charge in [-0.1, -0.05) is 26.7 Å². The smallest absolute Gasteiger partial charge is 0.338 e. The third-order valence-corrected chi connectivity index (χ3v) is 7.17. The number of thioether (sulfide) groups is 2. The summed E-state index contributed by atoms with van der Waals surface area (Å²) in [6, 6.07) is 5.03. The summed E-state index contributed by atoms with van der Waals surface area (Å²) in [5.74, 6) is 1.33. The summed E-state index contributed by atoms with van der Waals surface area (Å²) in [4.78, 5) is 22.1. The van der Waals surface area contributed by atoms with E-state index in [1.807, 2.05) is 0 Å². The second kappa shape index (κ2) is 14.7. The second-order valence-corrected chi connectivity index (χ2v) is 9.57. The van der Waals surface area contributed by atoms with Gasteiger partial charge in [-0.15, -0.1) is 23.5 Å². The number of aliphatic hydroxyl groups excluding tert-OH is 2. The van der Waals surface area contributed by atoms with Gasteiger partial charge in [0.15, 0.2) is 0 Å². The van der Waals surface area contributed by atoms with E-state index < -0.39 is 23.1 Å². The minimum absolute atomic E-state index is 0.121. The Bertz CT molecular complexity index is 603. The maximum atomic E-state index is 12.0. The molecule has 0 saturated carbocycles. The topological polar surface area (TPSA) is 110 Å². The van der Waals surface area contributed by atoms with Gasteiger partial charge in [-0.25, -0.2) is 4.79 Å². The van der Waals surface area contributed by atoms with E-state index in [0.29, 0.717) is 6.42 Å². The lowest BCUT2D eigenvalue weighted by atomic mass is 10.1. The maximum Gasteiger partial charge on any atom is 0.338 e. The van der Waals surface area contributed by atoms with E-state index in [-0.39, 0.29) is 22.4 Å². The Morgan fingerprint density at radius 1 is 1.07 bits per heavy atom. The van der Waals surface area contributed by atoms with E-state index >= 15 is 0 Å². The normalized spacial score (nSPS) is 13.3. The quantitative estimate of drug-likeness (QED) is 0.135. The van der Waals surface area contributed by atoms with Crippen LogP contribution in [0.4, 0.5) is 5.69 Å². The van der Waals surface area contributed by atoms with Crippen LogP contribution in [0.1, 0.15) is 56.3 Å². The molecule has 0 aliphatic carbocycles. The Labute approximate surface area is 180 Å². The van der Waals surface area contributed by atoms with Gasteiger partial charge in [0.05, 0.1) is 21.2 Å². The largest absolute Gasteiger partial charge is 0.459 e. The minimum atomic E-state index is -1.18. The average Bonchev–Trinajstić information content (AvgIpc) is 2.71. The Balaban J connectivity index is 2.49. The van der Waals surface area contributed by atoms with Crippen LogP contribution in [-0.4, -0.2) is 56.0 Å². The standard InChI is InChI=1S/C20H31NO6S2/c1-3-5-11-28-19(29-12-6-4-2)13-17(22)18(23)14-27-20(24)15-7-9-16(10-8-15)21(25)26/h7-10,17-19,22-23H,3-6,11-14H2,1-2H3/t17-,18-/m1/s1. The molecule has 1 rings (SSSR count). The highest BCUT2D eigenvalue weighted by Crippen LogP contribution is 2.30. The van der Waals surface area contributed by atoms with E-state index in [0.717, 1.165) is 37.2 Å². The van der Waals surface area contributed by atoms with Gasteiger partial charge in [0, 0.05) is 12.1 Å². The summed E-state index contributed by atoms with van der Waals surface area (Å²) in [7, 11) is 0. The molecular weight excluding hydrogens is 414 g/mol. The Kier molecular flexibility index (Phi) is 13.0. The van der Waals surface area contributed by atoms with Crippen molar-refractivity contribution in [3.8, 4) is 0 Å². The molecule has 0 radical (unpaired) electrons. The number of rotatable bonds is 15. The van der Waals surface area contributed by atoms with Crippen LogP contribution in [0.5, 0.6) is 0 Å². The van der Waals surface area contributed by atoms with Gasteiger partial charge in [-0.3, -0.25) is 10.1 Å². The molecule has 0 unspecified atom stereocenters. The highest BCUT2D eigenvalue weighted by atomic mass is 32.2. The number of non-ortho nitro benzene ring substituents is 1. The highest BCUT2D eigenvalue weighted by molar-refractivity contribution is 8.17. The molecule has 0 saturated heterocycles. The van der Waals surface area contributed by atoms with Gasteiger partial charge in [-0.2, -0.15) is 0 Å². The summed E-state index contributed by atoms with van der Waals surface area (Å²) in [6.07, 6.45) is 2.69. The van der Waals surface area contributed by atoms with Crippen molar-refractivity contribution in [3.63, 3.8) is 0 Å². The fraction of sp³-hybridized carbons (Fsp3) is 0.650. The van der Waals surface area contributed by atoms with Crippen LogP contribution < -0.4 is 0 Å². The van der Waals surface area contributed by atoms with Crippen LogP contribution >= 0.6 is 23.5 Å². The molecular formula is C20H31NO6S2. The predicted molar refractivity (Wildman–Crippen MR) is 119 cm³/mol. The van der Waals surface area contributed by atoms with Crippen LogP contribution in [0.15, 0.2) is 24.3 Å². The molecule has 1 aromatic carbocycles. The highest BCUT2D eigenvalue weighted by Gasteiger charge is 2.23. The Morgan fingerprint density at radius 2 is 1.62 bits per heavy atom. The molecule has 7 nitrogen and oxygen atoms in total. The molecule has 29 heavy (non-hydrogen) atoms. The van der Waals surface area contributed by atoms with Crippen molar-refractivity contribution in [2.24, 2.45) is 0 Å². The molecule has 164 valence electrons. The lowest BCUT2D eigenvalue weighted by Gasteiger charge is -2.23. The molecule has 0 aromatic heterocycles. The van der Waals surface area contributed by atoms with E-state index in [4.69, 9.17) is 4.74 Å². The number of hydrogen-bond donors (Lipinski definition) is 2. The van der Waals surface area contributed by atoms with E-state index in [1.165, 1.54) is 24.3 Å². The number of benzene rings is 1. The Morgan fingerprint density at radius 3 is 2.10 bits per heavy atom. The molecule has 0 fully saturated rings. The first kappa shape index (κ1) is 25.7. The number of esters is 1. The van der Waals surface area contributed by atoms with Crippen molar-refractivity contribution in [1.82, 2.24) is 0 Å².